The van der Waals surface area contributed by atoms with Crippen LogP contribution in [0.5, 0.6) is 0 Å². The second-order valence-corrected chi connectivity index (χ2v) is 7.91. The molecular weight excluding hydrogens is 386 g/mol. The largest absolute Gasteiger partial charge is 0.341 e. The number of carbonyl (C=O) groups is 1. The maximum absolute atomic E-state index is 12.8. The summed E-state index contributed by atoms with van der Waals surface area (Å²) in [6.45, 7) is 3.80. The van der Waals surface area contributed by atoms with Crippen LogP contribution in [0.2, 0.25) is 0 Å². The molecule has 3 aromatic rings. The molecule has 148 valence electrons. The Balaban J connectivity index is 1.31. The van der Waals surface area contributed by atoms with E-state index < -0.39 is 0 Å². The van der Waals surface area contributed by atoms with Crippen LogP contribution in [0.1, 0.15) is 10.5 Å². The minimum absolute atomic E-state index is 0.104. The summed E-state index contributed by atoms with van der Waals surface area (Å²) < 4.78 is 0. The SMILES string of the molecule is O=C(NC1C=NC=CC1N1CCNCC1)c1csc(-c2nc3ccccc3[nH]2)n1. The first kappa shape index (κ1) is 18.2. The van der Waals surface area contributed by atoms with Crippen LogP contribution in [-0.2, 0) is 0 Å². The fourth-order valence-electron chi connectivity index (χ4n) is 3.71. The van der Waals surface area contributed by atoms with Gasteiger partial charge in [-0.3, -0.25) is 14.7 Å². The number of hydrogen-bond acceptors (Lipinski definition) is 7. The van der Waals surface area contributed by atoms with Crippen molar-refractivity contribution in [3.63, 3.8) is 0 Å². The van der Waals surface area contributed by atoms with Gasteiger partial charge in [-0.2, -0.15) is 0 Å². The Morgan fingerprint density at radius 1 is 1.21 bits per heavy atom. The molecule has 4 heterocycles. The molecule has 1 amide bonds. The molecule has 5 rings (SSSR count). The number of imidazole rings is 1. The number of aromatic nitrogens is 3. The molecule has 9 heteroatoms. The number of para-hydroxylation sites is 2. The molecule has 3 N–H and O–H groups in total. The van der Waals surface area contributed by atoms with Gasteiger partial charge in [-0.05, 0) is 18.2 Å². The normalized spacial score (nSPS) is 22.2. The van der Waals surface area contributed by atoms with Crippen LogP contribution in [0.3, 0.4) is 0 Å². The third-order valence-electron chi connectivity index (χ3n) is 5.18. The van der Waals surface area contributed by atoms with E-state index in [1.165, 1.54) is 11.3 Å². The van der Waals surface area contributed by atoms with Crippen molar-refractivity contribution in [2.45, 2.75) is 12.1 Å². The summed E-state index contributed by atoms with van der Waals surface area (Å²) in [5, 5.41) is 8.91. The van der Waals surface area contributed by atoms with Crippen LogP contribution in [0.15, 0.2) is 46.9 Å². The molecule has 29 heavy (non-hydrogen) atoms. The van der Waals surface area contributed by atoms with E-state index in [9.17, 15) is 4.79 Å². The molecule has 1 fully saturated rings. The van der Waals surface area contributed by atoms with E-state index in [4.69, 9.17) is 0 Å². The number of rotatable bonds is 4. The van der Waals surface area contributed by atoms with Gasteiger partial charge in [0.25, 0.3) is 5.91 Å². The number of piperazine rings is 1. The predicted molar refractivity (Wildman–Crippen MR) is 114 cm³/mol. The summed E-state index contributed by atoms with van der Waals surface area (Å²) >= 11 is 1.41. The Bertz CT molecular complexity index is 1050. The number of H-pyrrole nitrogens is 1. The molecule has 0 spiro atoms. The first-order chi connectivity index (χ1) is 14.3. The topological polar surface area (TPSA) is 98.3 Å². The van der Waals surface area contributed by atoms with Crippen molar-refractivity contribution in [3.8, 4) is 10.8 Å². The summed E-state index contributed by atoms with van der Waals surface area (Å²) in [5.74, 6) is 0.478. The molecule has 2 aliphatic heterocycles. The van der Waals surface area contributed by atoms with Crippen molar-refractivity contribution in [2.75, 3.05) is 26.2 Å². The lowest BCUT2D eigenvalue weighted by molar-refractivity contribution is 0.0920. The van der Waals surface area contributed by atoms with Gasteiger partial charge < -0.3 is 15.6 Å². The first-order valence-electron chi connectivity index (χ1n) is 9.64. The van der Waals surface area contributed by atoms with Crippen molar-refractivity contribution >= 4 is 34.5 Å². The number of nitrogens with zero attached hydrogens (tertiary/aromatic N) is 4. The van der Waals surface area contributed by atoms with E-state index in [1.807, 2.05) is 24.3 Å². The molecule has 1 aromatic carbocycles. The van der Waals surface area contributed by atoms with E-state index >= 15 is 0 Å². The lowest BCUT2D eigenvalue weighted by Crippen LogP contribution is -2.57. The van der Waals surface area contributed by atoms with Gasteiger partial charge >= 0.3 is 0 Å². The van der Waals surface area contributed by atoms with Gasteiger partial charge in [0, 0.05) is 44.0 Å². The zero-order valence-electron chi connectivity index (χ0n) is 15.7. The Morgan fingerprint density at radius 2 is 2.07 bits per heavy atom. The van der Waals surface area contributed by atoms with Crippen molar-refractivity contribution in [1.29, 1.82) is 0 Å². The summed E-state index contributed by atoms with van der Waals surface area (Å²) in [4.78, 5) is 31.8. The highest BCUT2D eigenvalue weighted by molar-refractivity contribution is 7.13. The Hall–Kier alpha value is -2.88. The van der Waals surface area contributed by atoms with Crippen LogP contribution in [0.25, 0.3) is 21.9 Å². The predicted octanol–water partition coefficient (Wildman–Crippen LogP) is 1.66. The van der Waals surface area contributed by atoms with Crippen LogP contribution < -0.4 is 10.6 Å². The maximum atomic E-state index is 12.8. The molecule has 0 saturated carbocycles. The highest BCUT2D eigenvalue weighted by Gasteiger charge is 2.29. The van der Waals surface area contributed by atoms with Gasteiger partial charge in [0.15, 0.2) is 10.8 Å². The molecule has 1 saturated heterocycles. The molecule has 8 nitrogen and oxygen atoms in total. The van der Waals surface area contributed by atoms with E-state index in [1.54, 1.807) is 17.8 Å². The molecule has 2 atom stereocenters. The van der Waals surface area contributed by atoms with Crippen molar-refractivity contribution in [1.82, 2.24) is 30.5 Å². The smallest absolute Gasteiger partial charge is 0.271 e. The number of aromatic amines is 1. The number of hydrogen-bond donors (Lipinski definition) is 3. The number of amides is 1. The fraction of sp³-hybridized carbons (Fsp3) is 0.300. The third-order valence-corrected chi connectivity index (χ3v) is 6.03. The van der Waals surface area contributed by atoms with E-state index in [0.29, 0.717) is 16.5 Å². The number of fused-ring (bicyclic) bond motifs is 1. The summed E-state index contributed by atoms with van der Waals surface area (Å²) in [6.07, 6.45) is 5.66. The summed E-state index contributed by atoms with van der Waals surface area (Å²) in [5.41, 5.74) is 2.23. The van der Waals surface area contributed by atoms with Gasteiger partial charge in [0.2, 0.25) is 0 Å². The van der Waals surface area contributed by atoms with Gasteiger partial charge in [0.05, 0.1) is 23.1 Å². The van der Waals surface area contributed by atoms with E-state index in [-0.39, 0.29) is 18.0 Å². The quantitative estimate of drug-likeness (QED) is 0.611. The third kappa shape index (κ3) is 3.71. The maximum Gasteiger partial charge on any atom is 0.271 e. The second-order valence-electron chi connectivity index (χ2n) is 7.06. The molecule has 0 aliphatic carbocycles. The van der Waals surface area contributed by atoms with Crippen molar-refractivity contribution < 1.29 is 4.79 Å². The lowest BCUT2D eigenvalue weighted by atomic mass is 10.0. The average Bonchev–Trinajstić information content (AvgIpc) is 3.42. The Morgan fingerprint density at radius 3 is 2.93 bits per heavy atom. The zero-order valence-corrected chi connectivity index (χ0v) is 16.5. The molecule has 2 aromatic heterocycles. The Labute approximate surface area is 171 Å². The second kappa shape index (κ2) is 7.86. The number of aliphatic imine (C=N–C) groups is 1. The van der Waals surface area contributed by atoms with Crippen molar-refractivity contribution in [3.05, 3.63) is 47.6 Å². The number of nitrogens with one attached hydrogen (secondary N) is 3. The highest BCUT2D eigenvalue weighted by atomic mass is 32.1. The minimum atomic E-state index is -0.199. The van der Waals surface area contributed by atoms with Crippen LogP contribution in [0, 0.1) is 0 Å². The molecular formula is C20H21N7OS. The first-order valence-corrected chi connectivity index (χ1v) is 10.5. The van der Waals surface area contributed by atoms with Gasteiger partial charge in [-0.15, -0.1) is 11.3 Å². The van der Waals surface area contributed by atoms with E-state index in [0.717, 1.165) is 37.2 Å². The van der Waals surface area contributed by atoms with Gasteiger partial charge in [-0.25, -0.2) is 9.97 Å². The van der Waals surface area contributed by atoms with Crippen LogP contribution in [0.4, 0.5) is 0 Å². The molecule has 0 radical (unpaired) electrons. The fourth-order valence-corrected chi connectivity index (χ4v) is 4.45. The number of carbonyl (C=O) groups excluding carboxylic acids is 1. The van der Waals surface area contributed by atoms with E-state index in [2.05, 4.69) is 41.6 Å². The highest BCUT2D eigenvalue weighted by Crippen LogP contribution is 2.24. The van der Waals surface area contributed by atoms with Gasteiger partial charge in [-0.1, -0.05) is 12.1 Å². The summed E-state index contributed by atoms with van der Waals surface area (Å²) in [6, 6.07) is 7.75. The number of benzene rings is 1. The molecule has 2 unspecified atom stereocenters. The standard InChI is InChI=1S/C20H21N7OS/c28-19(25-15-11-22-6-5-17(15)27-9-7-21-8-10-27)16-12-29-20(26-16)18-23-13-3-1-2-4-14(13)24-18/h1-6,11-12,15,17,21H,7-10H2,(H,23,24)(H,25,28). The lowest BCUT2D eigenvalue weighted by Gasteiger charge is -2.37. The molecule has 0 bridgehead atoms. The van der Waals surface area contributed by atoms with Crippen LogP contribution in [-0.4, -0.2) is 70.2 Å². The molecule has 2 aliphatic rings. The Kier molecular flexibility index (Phi) is 4.92. The van der Waals surface area contributed by atoms with Crippen LogP contribution >= 0.6 is 11.3 Å². The zero-order chi connectivity index (χ0) is 19.6. The minimum Gasteiger partial charge on any atom is -0.341 e. The van der Waals surface area contributed by atoms with Crippen molar-refractivity contribution in [2.24, 2.45) is 4.99 Å². The average molecular weight is 408 g/mol. The van der Waals surface area contributed by atoms with Gasteiger partial charge in [0.1, 0.15) is 5.69 Å². The summed E-state index contributed by atoms with van der Waals surface area (Å²) in [7, 11) is 0. The number of thiazole rings is 1. The monoisotopic (exact) mass is 407 g/mol.